The number of sulfone groups is 1. The van der Waals surface area contributed by atoms with E-state index in [1.807, 2.05) is 0 Å². The minimum absolute atomic E-state index is 0.108. The molecule has 0 aromatic rings. The molecular weight excluding hydrogens is 284 g/mol. The van der Waals surface area contributed by atoms with E-state index in [2.05, 4.69) is 37.9 Å². The molecule has 1 rings (SSSR count). The second-order valence-electron chi connectivity index (χ2n) is 6.43. The zero-order valence-electron chi connectivity index (χ0n) is 14.5. The van der Waals surface area contributed by atoms with Crippen LogP contribution in [0.15, 0.2) is 0 Å². The Morgan fingerprint density at radius 2 is 1.57 bits per heavy atom. The predicted molar refractivity (Wildman–Crippen MR) is 90.5 cm³/mol. The van der Waals surface area contributed by atoms with E-state index in [1.165, 1.54) is 0 Å². The Bertz CT molecular complexity index is 412. The van der Waals surface area contributed by atoms with E-state index in [0.717, 1.165) is 38.8 Å². The third kappa shape index (κ3) is 4.20. The van der Waals surface area contributed by atoms with Crippen molar-refractivity contribution < 1.29 is 8.42 Å². The van der Waals surface area contributed by atoms with Crippen LogP contribution < -0.4 is 5.32 Å². The molecule has 0 aromatic heterocycles. The highest BCUT2D eigenvalue weighted by atomic mass is 32.2. The van der Waals surface area contributed by atoms with Crippen LogP contribution in [-0.4, -0.2) is 55.5 Å². The first-order valence-electron chi connectivity index (χ1n) is 8.53. The van der Waals surface area contributed by atoms with Crippen LogP contribution in [0, 0.1) is 0 Å². The Morgan fingerprint density at radius 1 is 1.00 bits per heavy atom. The van der Waals surface area contributed by atoms with E-state index >= 15 is 0 Å². The first-order chi connectivity index (χ1) is 9.82. The molecule has 1 N–H and O–H groups in total. The molecule has 0 amide bonds. The molecule has 1 fully saturated rings. The minimum Gasteiger partial charge on any atom is -0.308 e. The predicted octanol–water partition coefficient (Wildman–Crippen LogP) is 2.44. The summed E-state index contributed by atoms with van der Waals surface area (Å²) in [4.78, 5) is 2.46. The van der Waals surface area contributed by atoms with Gasteiger partial charge in [0.15, 0.2) is 9.84 Å². The molecule has 21 heavy (non-hydrogen) atoms. The summed E-state index contributed by atoms with van der Waals surface area (Å²) in [6.07, 6.45) is 4.30. The third-order valence-electron chi connectivity index (χ3n) is 5.74. The van der Waals surface area contributed by atoms with Crippen LogP contribution >= 0.6 is 0 Å². The summed E-state index contributed by atoms with van der Waals surface area (Å²) in [6, 6.07) is 0. The number of piperazine rings is 1. The van der Waals surface area contributed by atoms with Crippen LogP contribution in [0.4, 0.5) is 0 Å². The maximum atomic E-state index is 11.9. The number of nitrogens with zero attached hydrogens (tertiary/aromatic N) is 1. The number of rotatable bonds is 8. The van der Waals surface area contributed by atoms with Gasteiger partial charge in [0.1, 0.15) is 0 Å². The fourth-order valence-corrected chi connectivity index (χ4v) is 4.22. The smallest absolute Gasteiger partial charge is 0.151 e. The van der Waals surface area contributed by atoms with Crippen molar-refractivity contribution in [2.75, 3.05) is 31.1 Å². The topological polar surface area (TPSA) is 49.4 Å². The maximum Gasteiger partial charge on any atom is 0.151 e. The first-order valence-corrected chi connectivity index (χ1v) is 10.3. The van der Waals surface area contributed by atoms with Crippen LogP contribution in [0.1, 0.15) is 60.3 Å². The highest BCUT2D eigenvalue weighted by molar-refractivity contribution is 7.91. The summed E-state index contributed by atoms with van der Waals surface area (Å²) in [6.45, 7) is 13.2. The van der Waals surface area contributed by atoms with Crippen LogP contribution in [0.2, 0.25) is 0 Å². The lowest BCUT2D eigenvalue weighted by Gasteiger charge is -2.54. The average molecular weight is 319 g/mol. The minimum atomic E-state index is -2.90. The second kappa shape index (κ2) is 7.42. The lowest BCUT2D eigenvalue weighted by molar-refractivity contribution is -0.000208. The van der Waals surface area contributed by atoms with Crippen molar-refractivity contribution >= 4 is 9.84 Å². The van der Waals surface area contributed by atoms with Gasteiger partial charge in [-0.2, -0.15) is 0 Å². The molecule has 0 atom stereocenters. The molecule has 1 aliphatic heterocycles. The quantitative estimate of drug-likeness (QED) is 0.747. The van der Waals surface area contributed by atoms with Crippen molar-refractivity contribution in [1.29, 1.82) is 0 Å². The summed E-state index contributed by atoms with van der Waals surface area (Å²) in [5, 5.41) is 3.77. The van der Waals surface area contributed by atoms with Gasteiger partial charge in [-0.25, -0.2) is 8.42 Å². The van der Waals surface area contributed by atoms with Gasteiger partial charge in [-0.3, -0.25) is 4.90 Å². The Labute approximate surface area is 131 Å². The van der Waals surface area contributed by atoms with Crippen molar-refractivity contribution in [1.82, 2.24) is 10.2 Å². The molecule has 0 spiro atoms. The van der Waals surface area contributed by atoms with Gasteiger partial charge in [-0.15, -0.1) is 0 Å². The fraction of sp³-hybridized carbons (Fsp3) is 1.00. The average Bonchev–Trinajstić information content (AvgIpc) is 2.52. The normalized spacial score (nSPS) is 22.3. The van der Waals surface area contributed by atoms with Gasteiger partial charge in [0, 0.05) is 36.5 Å². The van der Waals surface area contributed by atoms with E-state index in [0.29, 0.717) is 6.54 Å². The molecule has 4 nitrogen and oxygen atoms in total. The lowest BCUT2D eigenvalue weighted by Crippen LogP contribution is -2.70. The number of hydrogen-bond acceptors (Lipinski definition) is 4. The molecule has 1 heterocycles. The fourth-order valence-electron chi connectivity index (χ4n) is 3.43. The van der Waals surface area contributed by atoms with Crippen LogP contribution in [-0.2, 0) is 9.84 Å². The lowest BCUT2D eigenvalue weighted by atomic mass is 9.80. The van der Waals surface area contributed by atoms with Crippen molar-refractivity contribution in [2.24, 2.45) is 0 Å². The summed E-state index contributed by atoms with van der Waals surface area (Å²) >= 11 is 0. The van der Waals surface area contributed by atoms with Crippen molar-refractivity contribution in [3.8, 4) is 0 Å². The van der Waals surface area contributed by atoms with E-state index in [4.69, 9.17) is 0 Å². The molecule has 126 valence electrons. The first kappa shape index (κ1) is 18.9. The Hall–Kier alpha value is -0.130. The molecule has 0 unspecified atom stereocenters. The highest BCUT2D eigenvalue weighted by Gasteiger charge is 2.44. The monoisotopic (exact) mass is 318 g/mol. The van der Waals surface area contributed by atoms with E-state index in [-0.39, 0.29) is 22.6 Å². The number of nitrogens with one attached hydrogen (secondary N) is 1. The van der Waals surface area contributed by atoms with Crippen LogP contribution in [0.3, 0.4) is 0 Å². The van der Waals surface area contributed by atoms with Crippen LogP contribution in [0.25, 0.3) is 0 Å². The van der Waals surface area contributed by atoms with Gasteiger partial charge in [0.2, 0.25) is 0 Å². The third-order valence-corrected chi connectivity index (χ3v) is 7.42. The molecular formula is C16H34N2O2S. The highest BCUT2D eigenvalue weighted by Crippen LogP contribution is 2.32. The van der Waals surface area contributed by atoms with Crippen molar-refractivity contribution in [2.45, 2.75) is 71.4 Å². The van der Waals surface area contributed by atoms with Crippen molar-refractivity contribution in [3.05, 3.63) is 0 Å². The van der Waals surface area contributed by atoms with Gasteiger partial charge in [-0.05, 0) is 25.7 Å². The summed E-state index contributed by atoms with van der Waals surface area (Å²) in [7, 11) is -2.90. The largest absolute Gasteiger partial charge is 0.308 e. The molecule has 1 saturated heterocycles. The van der Waals surface area contributed by atoms with Crippen LogP contribution in [0.5, 0.6) is 0 Å². The van der Waals surface area contributed by atoms with E-state index in [1.54, 1.807) is 6.92 Å². The zero-order valence-corrected chi connectivity index (χ0v) is 15.4. The summed E-state index contributed by atoms with van der Waals surface area (Å²) in [5.41, 5.74) is 0.251. The molecule has 0 radical (unpaired) electrons. The van der Waals surface area contributed by atoms with E-state index < -0.39 is 9.84 Å². The molecule has 0 bridgehead atoms. The Kier molecular flexibility index (Phi) is 6.69. The molecule has 0 saturated carbocycles. The van der Waals surface area contributed by atoms with Crippen molar-refractivity contribution in [3.63, 3.8) is 0 Å². The maximum absolute atomic E-state index is 11.9. The zero-order chi connectivity index (χ0) is 16.1. The van der Waals surface area contributed by atoms with Gasteiger partial charge < -0.3 is 5.32 Å². The summed E-state index contributed by atoms with van der Waals surface area (Å²) in [5.74, 6) is 0.534. The second-order valence-corrected chi connectivity index (χ2v) is 8.90. The van der Waals surface area contributed by atoms with Gasteiger partial charge in [0.05, 0.1) is 5.75 Å². The molecule has 1 aliphatic rings. The SMILES string of the molecule is CCC1(CC)CN(CCS(=O)(=O)CC)C(CC)(CC)CN1. The van der Waals surface area contributed by atoms with Gasteiger partial charge >= 0.3 is 0 Å². The Morgan fingerprint density at radius 3 is 2.00 bits per heavy atom. The van der Waals surface area contributed by atoms with E-state index in [9.17, 15) is 8.42 Å². The standard InChI is InChI=1S/C16H34N2O2S/c1-6-15(7-2)14-18(11-12-21(19,20)10-5)16(8-3,9-4)13-17-15/h17H,6-14H2,1-5H3. The molecule has 5 heteroatoms. The van der Waals surface area contributed by atoms with Gasteiger partial charge in [-0.1, -0.05) is 34.6 Å². The molecule has 0 aromatic carbocycles. The Balaban J connectivity index is 2.93. The van der Waals surface area contributed by atoms with Gasteiger partial charge in [0.25, 0.3) is 0 Å². The molecule has 0 aliphatic carbocycles. The number of hydrogen-bond donors (Lipinski definition) is 1. The summed E-state index contributed by atoms with van der Waals surface area (Å²) < 4.78 is 23.8.